The van der Waals surface area contributed by atoms with E-state index in [1.165, 1.54) is 0 Å². The smallest absolute Gasteiger partial charge is 0.120 e. The normalized spacial score (nSPS) is 12.0. The van der Waals surface area contributed by atoms with Gasteiger partial charge in [0.25, 0.3) is 0 Å². The van der Waals surface area contributed by atoms with Crippen LogP contribution in [-0.2, 0) is 0 Å². The average molecular weight is 124 g/mol. The van der Waals surface area contributed by atoms with Crippen molar-refractivity contribution in [3.8, 4) is 0 Å². The predicted molar refractivity (Wildman–Crippen MR) is 29.4 cm³/mol. The van der Waals surface area contributed by atoms with E-state index in [9.17, 15) is 8.78 Å². The predicted octanol–water partition coefficient (Wildman–Crippen LogP) is 1.71. The molecule has 0 bridgehead atoms. The van der Waals surface area contributed by atoms with E-state index in [1.54, 1.807) is 13.1 Å². The van der Waals surface area contributed by atoms with E-state index in [1.807, 2.05) is 0 Å². The minimum Gasteiger partial charge on any atom is -0.255 e. The molecular formula is C4H10F2Si. The zero-order chi connectivity index (χ0) is 5.91. The highest BCUT2D eigenvalue weighted by atomic mass is 28.3. The molecule has 0 nitrogen and oxygen atoms in total. The summed E-state index contributed by atoms with van der Waals surface area (Å²) in [5.41, 5.74) is 0. The van der Waals surface area contributed by atoms with E-state index in [4.69, 9.17) is 0 Å². The van der Waals surface area contributed by atoms with Gasteiger partial charge in [0, 0.05) is 0 Å². The average Bonchev–Trinajstić information content (AvgIpc) is 1.68. The maximum atomic E-state index is 11.6. The number of hydrogen-bond donors (Lipinski definition) is 0. The molecule has 0 aliphatic rings. The molecule has 3 heteroatoms. The van der Waals surface area contributed by atoms with E-state index in [0.717, 1.165) is 0 Å². The summed E-state index contributed by atoms with van der Waals surface area (Å²) < 4.78 is 23.2. The minimum absolute atomic E-state index is 0.441. The Morgan fingerprint density at radius 1 is 1.14 bits per heavy atom. The van der Waals surface area contributed by atoms with Gasteiger partial charge in [-0.15, -0.1) is 0 Å². The van der Waals surface area contributed by atoms with E-state index in [2.05, 4.69) is 0 Å². The molecule has 0 atom stereocenters. The SMILES string of the molecule is C[Si](C)(CF)CF. The van der Waals surface area contributed by atoms with Crippen molar-refractivity contribution in [1.82, 2.24) is 0 Å². The fourth-order valence-electron chi connectivity index (χ4n) is 0.0357. The molecule has 0 rings (SSSR count). The van der Waals surface area contributed by atoms with Crippen molar-refractivity contribution in [2.75, 3.05) is 12.6 Å². The number of alkyl halides is 2. The number of rotatable bonds is 2. The van der Waals surface area contributed by atoms with Crippen LogP contribution in [-0.4, -0.2) is 20.7 Å². The maximum absolute atomic E-state index is 11.6. The third kappa shape index (κ3) is 2.74. The molecule has 0 spiro atoms. The van der Waals surface area contributed by atoms with Crippen molar-refractivity contribution >= 4 is 8.07 Å². The Kier molecular flexibility index (Phi) is 2.43. The van der Waals surface area contributed by atoms with Crippen molar-refractivity contribution in [2.24, 2.45) is 0 Å². The first kappa shape index (κ1) is 7.08. The van der Waals surface area contributed by atoms with Gasteiger partial charge in [-0.05, 0) is 0 Å². The van der Waals surface area contributed by atoms with Gasteiger partial charge in [0.2, 0.25) is 0 Å². The maximum Gasteiger partial charge on any atom is 0.120 e. The Bertz CT molecular complexity index is 47.7. The van der Waals surface area contributed by atoms with Gasteiger partial charge in [0.05, 0.1) is 12.6 Å². The Morgan fingerprint density at radius 2 is 1.43 bits per heavy atom. The van der Waals surface area contributed by atoms with Crippen LogP contribution in [0.25, 0.3) is 0 Å². The quantitative estimate of drug-likeness (QED) is 0.492. The number of halogens is 2. The molecule has 0 amide bonds. The zero-order valence-electron chi connectivity index (χ0n) is 4.67. The lowest BCUT2D eigenvalue weighted by molar-refractivity contribution is 0.537. The Labute approximate surface area is 43.5 Å². The second-order valence-electron chi connectivity index (χ2n) is 2.43. The summed E-state index contributed by atoms with van der Waals surface area (Å²) in [6.45, 7) is 3.38. The third-order valence-electron chi connectivity index (χ3n) is 0.724. The minimum atomic E-state index is -1.98. The lowest BCUT2D eigenvalue weighted by atomic mass is 11.7. The second-order valence-corrected chi connectivity index (χ2v) is 7.29. The lowest BCUT2D eigenvalue weighted by Crippen LogP contribution is -2.31. The molecule has 0 aliphatic heterocycles. The van der Waals surface area contributed by atoms with Gasteiger partial charge in [0.15, 0.2) is 0 Å². The summed E-state index contributed by atoms with van der Waals surface area (Å²) >= 11 is 0. The van der Waals surface area contributed by atoms with Crippen molar-refractivity contribution in [3.63, 3.8) is 0 Å². The van der Waals surface area contributed by atoms with Crippen LogP contribution in [0.15, 0.2) is 0 Å². The standard InChI is InChI=1S/C4H10F2Si/c1-7(2,3-5)4-6/h3-4H2,1-2H3. The van der Waals surface area contributed by atoms with Crippen molar-refractivity contribution in [3.05, 3.63) is 0 Å². The van der Waals surface area contributed by atoms with E-state index in [-0.39, 0.29) is 0 Å². The topological polar surface area (TPSA) is 0 Å². The molecule has 44 valence electrons. The lowest BCUT2D eigenvalue weighted by Gasteiger charge is -2.09. The van der Waals surface area contributed by atoms with Gasteiger partial charge in [-0.2, -0.15) is 0 Å². The zero-order valence-corrected chi connectivity index (χ0v) is 5.67. The highest BCUT2D eigenvalue weighted by Gasteiger charge is 2.19. The fourth-order valence-corrected chi connectivity index (χ4v) is 0.107. The molecule has 0 aliphatic carbocycles. The van der Waals surface area contributed by atoms with Crippen molar-refractivity contribution < 1.29 is 8.78 Å². The third-order valence-corrected chi connectivity index (χ3v) is 2.17. The van der Waals surface area contributed by atoms with Crippen LogP contribution >= 0.6 is 0 Å². The monoisotopic (exact) mass is 124 g/mol. The molecule has 0 fully saturated rings. The summed E-state index contributed by atoms with van der Waals surface area (Å²) in [5.74, 6) is 0. The molecule has 0 unspecified atom stereocenters. The van der Waals surface area contributed by atoms with Gasteiger partial charge < -0.3 is 0 Å². The second kappa shape index (κ2) is 2.40. The molecule has 7 heavy (non-hydrogen) atoms. The molecule has 0 heterocycles. The van der Waals surface area contributed by atoms with Crippen LogP contribution in [0, 0.1) is 0 Å². The molecule has 0 aromatic rings. The van der Waals surface area contributed by atoms with Crippen LogP contribution in [0.5, 0.6) is 0 Å². The van der Waals surface area contributed by atoms with Gasteiger partial charge in [0.1, 0.15) is 8.07 Å². The molecular weight excluding hydrogens is 114 g/mol. The molecule has 0 radical (unpaired) electrons. The van der Waals surface area contributed by atoms with Crippen molar-refractivity contribution in [2.45, 2.75) is 13.1 Å². The summed E-state index contributed by atoms with van der Waals surface area (Å²) in [4.78, 5) is 0. The molecule has 0 N–H and O–H groups in total. The van der Waals surface area contributed by atoms with Crippen LogP contribution < -0.4 is 0 Å². The van der Waals surface area contributed by atoms with Crippen LogP contribution in [0.3, 0.4) is 0 Å². The van der Waals surface area contributed by atoms with Gasteiger partial charge in [-0.1, -0.05) is 13.1 Å². The summed E-state index contributed by atoms with van der Waals surface area (Å²) in [6, 6.07) is 0. The Balaban J connectivity index is 3.36. The van der Waals surface area contributed by atoms with Crippen LogP contribution in [0.1, 0.15) is 0 Å². The summed E-state index contributed by atoms with van der Waals surface area (Å²) in [5, 5.41) is 0. The highest BCUT2D eigenvalue weighted by molar-refractivity contribution is 6.77. The van der Waals surface area contributed by atoms with E-state index in [0.29, 0.717) is 0 Å². The van der Waals surface area contributed by atoms with Gasteiger partial charge in [-0.25, -0.2) is 0 Å². The summed E-state index contributed by atoms with van der Waals surface area (Å²) in [7, 11) is -1.98. The first-order chi connectivity index (χ1) is 3.12. The largest absolute Gasteiger partial charge is 0.255 e. The van der Waals surface area contributed by atoms with E-state index >= 15 is 0 Å². The molecule has 0 aromatic carbocycles. The highest BCUT2D eigenvalue weighted by Crippen LogP contribution is 2.01. The molecule has 0 saturated carbocycles. The van der Waals surface area contributed by atoms with Gasteiger partial charge in [-0.3, -0.25) is 8.78 Å². The first-order valence-electron chi connectivity index (χ1n) is 2.24. The Hall–Kier alpha value is 0.0769. The van der Waals surface area contributed by atoms with E-state index < -0.39 is 20.7 Å². The first-order valence-corrected chi connectivity index (χ1v) is 5.66. The summed E-state index contributed by atoms with van der Waals surface area (Å²) in [6.07, 6.45) is -0.882. The van der Waals surface area contributed by atoms with Crippen LogP contribution in [0.2, 0.25) is 13.1 Å². The molecule has 0 aromatic heterocycles. The van der Waals surface area contributed by atoms with Crippen LogP contribution in [0.4, 0.5) is 8.78 Å². The van der Waals surface area contributed by atoms with Gasteiger partial charge >= 0.3 is 0 Å². The Morgan fingerprint density at radius 3 is 1.43 bits per heavy atom. The molecule has 0 saturated heterocycles. The fraction of sp³-hybridized carbons (Fsp3) is 1.00. The van der Waals surface area contributed by atoms with Crippen molar-refractivity contribution in [1.29, 1.82) is 0 Å². The number of hydrogen-bond acceptors (Lipinski definition) is 0.